The van der Waals surface area contributed by atoms with E-state index in [1.54, 1.807) is 0 Å². The lowest BCUT2D eigenvalue weighted by atomic mass is 9.90. The molecule has 0 atom stereocenters. The van der Waals surface area contributed by atoms with Gasteiger partial charge in [-0.1, -0.05) is 27.4 Å². The molecule has 0 rings (SSSR count). The lowest BCUT2D eigenvalue weighted by Crippen LogP contribution is -2.48. The van der Waals surface area contributed by atoms with Crippen molar-refractivity contribution in [3.63, 3.8) is 0 Å². The van der Waals surface area contributed by atoms with Crippen LogP contribution in [0.2, 0.25) is 0 Å². The molecule has 1 nitrogen and oxygen atoms in total. The van der Waals surface area contributed by atoms with Crippen LogP contribution in [0.3, 0.4) is 0 Å². The average Bonchev–Trinajstić information content (AvgIpc) is 2.14. The highest BCUT2D eigenvalue weighted by Crippen LogP contribution is 2.22. The molecule has 0 radical (unpaired) electrons. The van der Waals surface area contributed by atoms with Crippen LogP contribution in [0.5, 0.6) is 0 Å². The van der Waals surface area contributed by atoms with Crippen molar-refractivity contribution in [3.8, 4) is 0 Å². The van der Waals surface area contributed by atoms with Gasteiger partial charge in [-0.05, 0) is 38.2 Å². The maximum Gasteiger partial charge on any atom is 0.0970 e. The molecule has 0 aliphatic carbocycles. The highest BCUT2D eigenvalue weighted by atomic mass is 15.3. The minimum absolute atomic E-state index is 0.478. The number of hydrogen-bond donors (Lipinski definition) is 0. The third-order valence-corrected chi connectivity index (χ3v) is 3.42. The molecule has 15 heavy (non-hydrogen) atoms. The fraction of sp³-hybridized carbons (Fsp3) is 0.857. The fourth-order valence-electron chi connectivity index (χ4n) is 2.11. The molecule has 90 valence electrons. The van der Waals surface area contributed by atoms with Crippen LogP contribution in [0.1, 0.15) is 47.5 Å². The lowest BCUT2D eigenvalue weighted by molar-refractivity contribution is -0.919. The Morgan fingerprint density at radius 3 is 2.00 bits per heavy atom. The van der Waals surface area contributed by atoms with Crippen LogP contribution in [0.25, 0.3) is 0 Å². The second-order valence-corrected chi connectivity index (χ2v) is 5.83. The van der Waals surface area contributed by atoms with Crippen LogP contribution in [0.15, 0.2) is 12.7 Å². The maximum absolute atomic E-state index is 3.88. The predicted molar refractivity (Wildman–Crippen MR) is 70.0 cm³/mol. The first-order chi connectivity index (χ1) is 6.89. The summed E-state index contributed by atoms with van der Waals surface area (Å²) in [5, 5.41) is 0. The smallest absolute Gasteiger partial charge is 0.0970 e. The number of nitrogens with zero attached hydrogens (tertiary/aromatic N) is 1. The van der Waals surface area contributed by atoms with Gasteiger partial charge in [0.15, 0.2) is 0 Å². The van der Waals surface area contributed by atoms with Gasteiger partial charge < -0.3 is 4.48 Å². The van der Waals surface area contributed by atoms with Crippen molar-refractivity contribution in [2.24, 2.45) is 5.41 Å². The molecule has 0 aliphatic heterocycles. The van der Waals surface area contributed by atoms with Crippen molar-refractivity contribution < 1.29 is 4.48 Å². The van der Waals surface area contributed by atoms with Gasteiger partial charge in [0, 0.05) is 0 Å². The van der Waals surface area contributed by atoms with Gasteiger partial charge in [0.1, 0.15) is 0 Å². The van der Waals surface area contributed by atoms with Crippen molar-refractivity contribution in [2.45, 2.75) is 47.5 Å². The Hall–Kier alpha value is -0.300. The van der Waals surface area contributed by atoms with E-state index in [0.29, 0.717) is 5.41 Å². The summed E-state index contributed by atoms with van der Waals surface area (Å²) in [6.07, 6.45) is 4.73. The molecule has 0 aromatic carbocycles. The normalized spacial score (nSPS) is 12.9. The monoisotopic (exact) mass is 212 g/mol. The molecule has 0 bridgehead atoms. The van der Waals surface area contributed by atoms with E-state index >= 15 is 0 Å². The van der Waals surface area contributed by atoms with Crippen LogP contribution in [-0.2, 0) is 0 Å². The van der Waals surface area contributed by atoms with Crippen molar-refractivity contribution in [2.75, 3.05) is 26.2 Å². The SMILES string of the molecule is C=CC[N+](CC)(CC)CCCC(C)(C)C. The fourth-order valence-corrected chi connectivity index (χ4v) is 2.11. The second kappa shape index (κ2) is 6.32. The third kappa shape index (κ3) is 5.99. The van der Waals surface area contributed by atoms with E-state index in [4.69, 9.17) is 0 Å². The van der Waals surface area contributed by atoms with Gasteiger partial charge in [-0.2, -0.15) is 0 Å². The Bertz CT molecular complexity index is 172. The van der Waals surface area contributed by atoms with Crippen LogP contribution in [0, 0.1) is 5.41 Å². The van der Waals surface area contributed by atoms with Crippen LogP contribution >= 0.6 is 0 Å². The standard InChI is InChI=1S/C14H30N/c1-7-12-15(8-2,9-3)13-10-11-14(4,5)6/h7H,1,8-13H2,2-6H3/q+1. The van der Waals surface area contributed by atoms with Gasteiger partial charge in [0.2, 0.25) is 0 Å². The second-order valence-electron chi connectivity index (χ2n) is 5.83. The Labute approximate surface area is 96.8 Å². The summed E-state index contributed by atoms with van der Waals surface area (Å²) < 4.78 is 1.21. The van der Waals surface area contributed by atoms with E-state index in [0.717, 1.165) is 6.54 Å². The lowest BCUT2D eigenvalue weighted by Gasteiger charge is -2.36. The summed E-state index contributed by atoms with van der Waals surface area (Å²) in [7, 11) is 0. The van der Waals surface area contributed by atoms with Gasteiger partial charge in [0.25, 0.3) is 0 Å². The first-order valence-corrected chi connectivity index (χ1v) is 6.35. The third-order valence-electron chi connectivity index (χ3n) is 3.42. The molecule has 0 aromatic rings. The van der Waals surface area contributed by atoms with Crippen molar-refractivity contribution in [3.05, 3.63) is 12.7 Å². The zero-order valence-electron chi connectivity index (χ0n) is 11.5. The number of quaternary nitrogens is 1. The molecule has 0 aliphatic rings. The zero-order valence-corrected chi connectivity index (χ0v) is 11.5. The highest BCUT2D eigenvalue weighted by molar-refractivity contribution is 4.67. The summed E-state index contributed by atoms with van der Waals surface area (Å²) in [5.41, 5.74) is 0.478. The molecule has 0 fully saturated rings. The minimum atomic E-state index is 0.478. The summed E-state index contributed by atoms with van der Waals surface area (Å²) in [6, 6.07) is 0. The molecule has 0 amide bonds. The molecule has 0 aromatic heterocycles. The quantitative estimate of drug-likeness (QED) is 0.444. The summed E-state index contributed by atoms with van der Waals surface area (Å²) in [5.74, 6) is 0. The summed E-state index contributed by atoms with van der Waals surface area (Å²) in [4.78, 5) is 0. The topological polar surface area (TPSA) is 0 Å². The molecule has 0 saturated heterocycles. The Morgan fingerprint density at radius 2 is 1.67 bits per heavy atom. The van der Waals surface area contributed by atoms with Gasteiger partial charge in [-0.3, -0.25) is 0 Å². The van der Waals surface area contributed by atoms with Crippen LogP contribution in [0.4, 0.5) is 0 Å². The number of rotatable bonds is 7. The Balaban J connectivity index is 4.12. The van der Waals surface area contributed by atoms with E-state index in [9.17, 15) is 0 Å². The highest BCUT2D eigenvalue weighted by Gasteiger charge is 2.22. The van der Waals surface area contributed by atoms with Gasteiger partial charge in [0.05, 0.1) is 26.2 Å². The number of hydrogen-bond acceptors (Lipinski definition) is 0. The van der Waals surface area contributed by atoms with E-state index in [-0.39, 0.29) is 0 Å². The Kier molecular flexibility index (Phi) is 6.19. The predicted octanol–water partition coefficient (Wildman–Crippen LogP) is 3.86. The van der Waals surface area contributed by atoms with Crippen LogP contribution in [-0.4, -0.2) is 30.7 Å². The van der Waals surface area contributed by atoms with Gasteiger partial charge >= 0.3 is 0 Å². The van der Waals surface area contributed by atoms with Crippen LogP contribution < -0.4 is 0 Å². The van der Waals surface area contributed by atoms with Crippen molar-refractivity contribution in [1.82, 2.24) is 0 Å². The average molecular weight is 212 g/mol. The van der Waals surface area contributed by atoms with E-state index < -0.39 is 0 Å². The first-order valence-electron chi connectivity index (χ1n) is 6.35. The first kappa shape index (κ1) is 14.7. The molecular formula is C14H30N+. The maximum atomic E-state index is 3.88. The summed E-state index contributed by atoms with van der Waals surface area (Å²) in [6.45, 7) is 20.3. The largest absolute Gasteiger partial charge is 0.321 e. The van der Waals surface area contributed by atoms with Gasteiger partial charge in [-0.15, -0.1) is 0 Å². The van der Waals surface area contributed by atoms with E-state index in [1.807, 2.05) is 0 Å². The number of likely N-dealkylation sites (N-methyl/N-ethyl adjacent to an activating group) is 1. The van der Waals surface area contributed by atoms with E-state index in [1.165, 1.54) is 37.0 Å². The molecule has 0 heterocycles. The molecule has 0 saturated carbocycles. The van der Waals surface area contributed by atoms with Gasteiger partial charge in [-0.25, -0.2) is 0 Å². The molecule has 0 N–H and O–H groups in total. The van der Waals surface area contributed by atoms with Crippen molar-refractivity contribution in [1.29, 1.82) is 0 Å². The minimum Gasteiger partial charge on any atom is -0.321 e. The Morgan fingerprint density at radius 1 is 1.13 bits per heavy atom. The molecule has 0 unspecified atom stereocenters. The zero-order chi connectivity index (χ0) is 11.9. The van der Waals surface area contributed by atoms with Crippen molar-refractivity contribution >= 4 is 0 Å². The van der Waals surface area contributed by atoms with E-state index in [2.05, 4.69) is 47.3 Å². The molecule has 1 heteroatoms. The molecular weight excluding hydrogens is 182 g/mol. The summed E-state index contributed by atoms with van der Waals surface area (Å²) >= 11 is 0. The molecule has 0 spiro atoms.